The number of hydrogen-bond donors (Lipinski definition) is 1. The van der Waals surface area contributed by atoms with Gasteiger partial charge in [0.15, 0.2) is 5.78 Å². The third kappa shape index (κ3) is 5.30. The standard InChI is InChI=1S/C24H23NO3/c1-17-8-9-19(16-18(17)2)23(26)14-15-24(27)25-20-10-12-22(13-11-20)28-21-6-4-3-5-7-21/h3-13,16H,14-15H2,1-2H3,(H,25,27). The number of Topliss-reactive ketones (excluding diaryl/α,β-unsaturated/α-hetero) is 1. The van der Waals surface area contributed by atoms with Gasteiger partial charge in [0.05, 0.1) is 0 Å². The lowest BCUT2D eigenvalue weighted by Crippen LogP contribution is -2.13. The van der Waals surface area contributed by atoms with Gasteiger partial charge in [0, 0.05) is 24.1 Å². The molecule has 0 saturated heterocycles. The molecule has 0 aliphatic carbocycles. The molecule has 142 valence electrons. The van der Waals surface area contributed by atoms with Gasteiger partial charge in [-0.1, -0.05) is 30.3 Å². The number of ketones is 1. The summed E-state index contributed by atoms with van der Waals surface area (Å²) in [7, 11) is 0. The first-order valence-electron chi connectivity index (χ1n) is 9.24. The first-order valence-corrected chi connectivity index (χ1v) is 9.24. The summed E-state index contributed by atoms with van der Waals surface area (Å²) >= 11 is 0. The van der Waals surface area contributed by atoms with Gasteiger partial charge in [-0.15, -0.1) is 0 Å². The smallest absolute Gasteiger partial charge is 0.224 e. The summed E-state index contributed by atoms with van der Waals surface area (Å²) in [5.41, 5.74) is 3.55. The van der Waals surface area contributed by atoms with Crippen molar-refractivity contribution in [3.63, 3.8) is 0 Å². The molecule has 3 rings (SSSR count). The molecule has 4 heteroatoms. The highest BCUT2D eigenvalue weighted by Gasteiger charge is 2.10. The Balaban J connectivity index is 1.50. The topological polar surface area (TPSA) is 55.4 Å². The number of aryl methyl sites for hydroxylation is 2. The summed E-state index contributed by atoms with van der Waals surface area (Å²) < 4.78 is 5.73. The molecule has 0 bridgehead atoms. The average molecular weight is 373 g/mol. The monoisotopic (exact) mass is 373 g/mol. The number of anilines is 1. The van der Waals surface area contributed by atoms with E-state index < -0.39 is 0 Å². The summed E-state index contributed by atoms with van der Waals surface area (Å²) in [4.78, 5) is 24.4. The summed E-state index contributed by atoms with van der Waals surface area (Å²) in [6, 6.07) is 22.3. The number of hydrogen-bond acceptors (Lipinski definition) is 3. The highest BCUT2D eigenvalue weighted by Crippen LogP contribution is 2.22. The first kappa shape index (κ1) is 19.4. The lowest BCUT2D eigenvalue weighted by atomic mass is 10.0. The van der Waals surface area contributed by atoms with Crippen molar-refractivity contribution in [3.8, 4) is 11.5 Å². The number of nitrogens with one attached hydrogen (secondary N) is 1. The molecular weight excluding hydrogens is 350 g/mol. The van der Waals surface area contributed by atoms with Gasteiger partial charge in [0.1, 0.15) is 11.5 Å². The second-order valence-corrected chi connectivity index (χ2v) is 6.71. The second-order valence-electron chi connectivity index (χ2n) is 6.71. The molecule has 0 atom stereocenters. The van der Waals surface area contributed by atoms with Crippen molar-refractivity contribution in [2.75, 3.05) is 5.32 Å². The van der Waals surface area contributed by atoms with E-state index in [1.54, 1.807) is 24.3 Å². The molecular formula is C24H23NO3. The summed E-state index contributed by atoms with van der Waals surface area (Å²) in [5, 5.41) is 2.81. The lowest BCUT2D eigenvalue weighted by Gasteiger charge is -2.08. The Bertz CT molecular complexity index is 963. The van der Waals surface area contributed by atoms with Gasteiger partial charge >= 0.3 is 0 Å². The number of benzene rings is 3. The molecule has 28 heavy (non-hydrogen) atoms. The molecule has 0 aliphatic rings. The molecule has 0 heterocycles. The van der Waals surface area contributed by atoms with Crippen molar-refractivity contribution in [1.29, 1.82) is 0 Å². The zero-order valence-corrected chi connectivity index (χ0v) is 16.1. The Morgan fingerprint density at radius 2 is 1.46 bits per heavy atom. The zero-order valence-electron chi connectivity index (χ0n) is 16.1. The van der Waals surface area contributed by atoms with Crippen LogP contribution in [0.1, 0.15) is 34.3 Å². The van der Waals surface area contributed by atoms with Gasteiger partial charge in [-0.05, 0) is 67.4 Å². The van der Waals surface area contributed by atoms with Crippen LogP contribution in [0.5, 0.6) is 11.5 Å². The zero-order chi connectivity index (χ0) is 19.9. The fraction of sp³-hybridized carbons (Fsp3) is 0.167. The predicted octanol–water partition coefficient (Wildman–Crippen LogP) is 5.70. The van der Waals surface area contributed by atoms with Crippen LogP contribution < -0.4 is 10.1 Å². The first-order chi connectivity index (χ1) is 13.5. The van der Waals surface area contributed by atoms with Crippen LogP contribution in [0.25, 0.3) is 0 Å². The van der Waals surface area contributed by atoms with Crippen molar-refractivity contribution >= 4 is 17.4 Å². The minimum atomic E-state index is -0.186. The van der Waals surface area contributed by atoms with E-state index in [1.807, 2.05) is 62.4 Å². The number of ether oxygens (including phenoxy) is 1. The van der Waals surface area contributed by atoms with E-state index in [2.05, 4.69) is 5.32 Å². The Hall–Kier alpha value is -3.40. The van der Waals surface area contributed by atoms with Crippen molar-refractivity contribution in [2.45, 2.75) is 26.7 Å². The maximum Gasteiger partial charge on any atom is 0.224 e. The van der Waals surface area contributed by atoms with Crippen LogP contribution in [0.15, 0.2) is 72.8 Å². The second kappa shape index (κ2) is 9.00. The van der Waals surface area contributed by atoms with Crippen LogP contribution >= 0.6 is 0 Å². The highest BCUT2D eigenvalue weighted by atomic mass is 16.5. The van der Waals surface area contributed by atoms with E-state index in [1.165, 1.54) is 0 Å². The number of amides is 1. The molecule has 4 nitrogen and oxygen atoms in total. The fourth-order valence-corrected chi connectivity index (χ4v) is 2.74. The Morgan fingerprint density at radius 3 is 2.14 bits per heavy atom. The molecule has 0 aromatic heterocycles. The van der Waals surface area contributed by atoms with Crippen molar-refractivity contribution in [3.05, 3.63) is 89.5 Å². The SMILES string of the molecule is Cc1ccc(C(=O)CCC(=O)Nc2ccc(Oc3ccccc3)cc2)cc1C. The third-order valence-corrected chi connectivity index (χ3v) is 4.52. The van der Waals surface area contributed by atoms with Crippen molar-refractivity contribution in [1.82, 2.24) is 0 Å². The van der Waals surface area contributed by atoms with Crippen LogP contribution in [0, 0.1) is 13.8 Å². The lowest BCUT2D eigenvalue weighted by molar-refractivity contribution is -0.116. The van der Waals surface area contributed by atoms with Gasteiger partial charge < -0.3 is 10.1 Å². The van der Waals surface area contributed by atoms with E-state index in [0.29, 0.717) is 17.0 Å². The molecule has 0 fully saturated rings. The third-order valence-electron chi connectivity index (χ3n) is 4.52. The van der Waals surface area contributed by atoms with E-state index in [0.717, 1.165) is 16.9 Å². The maximum absolute atomic E-state index is 12.3. The minimum absolute atomic E-state index is 0.0233. The van der Waals surface area contributed by atoms with Gasteiger partial charge in [0.25, 0.3) is 0 Å². The van der Waals surface area contributed by atoms with Crippen LogP contribution in [0.3, 0.4) is 0 Å². The van der Waals surface area contributed by atoms with E-state index in [-0.39, 0.29) is 24.5 Å². The van der Waals surface area contributed by atoms with Crippen LogP contribution in [0.2, 0.25) is 0 Å². The largest absolute Gasteiger partial charge is 0.457 e. The molecule has 1 N–H and O–H groups in total. The van der Waals surface area contributed by atoms with Crippen molar-refractivity contribution in [2.24, 2.45) is 0 Å². The molecule has 0 spiro atoms. The van der Waals surface area contributed by atoms with Crippen LogP contribution in [-0.4, -0.2) is 11.7 Å². The Morgan fingerprint density at radius 1 is 0.786 bits per heavy atom. The molecule has 1 amide bonds. The average Bonchev–Trinajstić information content (AvgIpc) is 2.70. The molecule has 0 saturated carbocycles. The summed E-state index contributed by atoms with van der Waals surface area (Å²) in [6.45, 7) is 3.98. The van der Waals surface area contributed by atoms with Crippen LogP contribution in [0.4, 0.5) is 5.69 Å². The molecule has 0 unspecified atom stereocenters. The molecule has 3 aromatic rings. The van der Waals surface area contributed by atoms with E-state index >= 15 is 0 Å². The maximum atomic E-state index is 12.3. The van der Waals surface area contributed by atoms with Gasteiger partial charge in [0.2, 0.25) is 5.91 Å². The van der Waals surface area contributed by atoms with Gasteiger partial charge in [-0.3, -0.25) is 9.59 Å². The number of rotatable bonds is 7. The normalized spacial score (nSPS) is 10.4. The molecule has 0 radical (unpaired) electrons. The number of carbonyl (C=O) groups excluding carboxylic acids is 2. The van der Waals surface area contributed by atoms with Gasteiger partial charge in [-0.25, -0.2) is 0 Å². The Labute approximate surface area is 165 Å². The number of para-hydroxylation sites is 1. The fourth-order valence-electron chi connectivity index (χ4n) is 2.74. The van der Waals surface area contributed by atoms with Crippen LogP contribution in [-0.2, 0) is 4.79 Å². The van der Waals surface area contributed by atoms with Gasteiger partial charge in [-0.2, -0.15) is 0 Å². The number of carbonyl (C=O) groups is 2. The quantitative estimate of drug-likeness (QED) is 0.541. The Kier molecular flexibility index (Phi) is 6.22. The highest BCUT2D eigenvalue weighted by molar-refractivity contribution is 6.00. The minimum Gasteiger partial charge on any atom is -0.457 e. The van der Waals surface area contributed by atoms with E-state index in [4.69, 9.17) is 4.74 Å². The summed E-state index contributed by atoms with van der Waals surface area (Å²) in [5.74, 6) is 1.23. The van der Waals surface area contributed by atoms with E-state index in [9.17, 15) is 9.59 Å². The predicted molar refractivity (Wildman–Crippen MR) is 111 cm³/mol. The molecule has 0 aliphatic heterocycles. The molecule has 3 aromatic carbocycles. The summed E-state index contributed by atoms with van der Waals surface area (Å²) in [6.07, 6.45) is 0.331. The van der Waals surface area contributed by atoms with Crippen molar-refractivity contribution < 1.29 is 14.3 Å².